The average molecular weight is 369 g/mol. The maximum Gasteiger partial charge on any atom is 0.221 e. The van der Waals surface area contributed by atoms with E-state index in [9.17, 15) is 4.79 Å². The quantitative estimate of drug-likeness (QED) is 0.681. The number of nitrogens with one attached hydrogen (secondary N) is 2. The van der Waals surface area contributed by atoms with Gasteiger partial charge in [-0.05, 0) is 38.1 Å². The Morgan fingerprint density at radius 2 is 1.81 bits per heavy atom. The number of hydrogen-bond acceptors (Lipinski definition) is 4. The minimum Gasteiger partial charge on any atom is -0.369 e. The molecule has 0 unspecified atom stereocenters. The smallest absolute Gasteiger partial charge is 0.221 e. The lowest BCUT2D eigenvalue weighted by Gasteiger charge is -2.12. The standard InChI is InChI=1S/C20H21ClN4O/c1-13(2)23-18(26)11-12-22-19-15-8-4-6-10-17(15)24-20(25-19)14-7-3-5-9-16(14)21/h3-10,13H,11-12H2,1-2H3,(H,23,26)(H,22,24,25). The molecule has 0 aliphatic carbocycles. The van der Waals surface area contributed by atoms with Crippen molar-refractivity contribution >= 4 is 34.2 Å². The van der Waals surface area contributed by atoms with Crippen LogP contribution < -0.4 is 10.6 Å². The largest absolute Gasteiger partial charge is 0.369 e. The fraction of sp³-hybridized carbons (Fsp3) is 0.250. The van der Waals surface area contributed by atoms with E-state index in [0.29, 0.717) is 29.6 Å². The van der Waals surface area contributed by atoms with Crippen molar-refractivity contribution in [2.24, 2.45) is 0 Å². The van der Waals surface area contributed by atoms with Crippen molar-refractivity contribution in [3.8, 4) is 11.4 Å². The normalized spacial score (nSPS) is 10.9. The van der Waals surface area contributed by atoms with Crippen LogP contribution in [-0.4, -0.2) is 28.5 Å². The van der Waals surface area contributed by atoms with E-state index in [-0.39, 0.29) is 11.9 Å². The van der Waals surface area contributed by atoms with E-state index >= 15 is 0 Å². The predicted molar refractivity (Wildman–Crippen MR) is 106 cm³/mol. The van der Waals surface area contributed by atoms with Crippen LogP contribution in [0.2, 0.25) is 5.02 Å². The van der Waals surface area contributed by atoms with Crippen LogP contribution in [0, 0.1) is 0 Å². The number of rotatable bonds is 6. The van der Waals surface area contributed by atoms with Crippen molar-refractivity contribution in [2.45, 2.75) is 26.3 Å². The lowest BCUT2D eigenvalue weighted by Crippen LogP contribution is -2.31. The number of benzene rings is 2. The zero-order valence-electron chi connectivity index (χ0n) is 14.8. The summed E-state index contributed by atoms with van der Waals surface area (Å²) in [4.78, 5) is 21.1. The highest BCUT2D eigenvalue weighted by Crippen LogP contribution is 2.29. The second-order valence-corrected chi connectivity index (χ2v) is 6.70. The van der Waals surface area contributed by atoms with Gasteiger partial charge in [0.05, 0.1) is 10.5 Å². The number of carbonyl (C=O) groups is 1. The topological polar surface area (TPSA) is 66.9 Å². The zero-order chi connectivity index (χ0) is 18.5. The molecule has 1 aromatic heterocycles. The molecule has 26 heavy (non-hydrogen) atoms. The van der Waals surface area contributed by atoms with Crippen LogP contribution >= 0.6 is 11.6 Å². The van der Waals surface area contributed by atoms with Crippen molar-refractivity contribution < 1.29 is 4.79 Å². The van der Waals surface area contributed by atoms with Gasteiger partial charge in [0.2, 0.25) is 5.91 Å². The van der Waals surface area contributed by atoms with Gasteiger partial charge in [-0.15, -0.1) is 0 Å². The summed E-state index contributed by atoms with van der Waals surface area (Å²) in [5.74, 6) is 1.27. The molecule has 0 atom stereocenters. The highest BCUT2D eigenvalue weighted by Gasteiger charge is 2.12. The Bertz CT molecular complexity index is 927. The lowest BCUT2D eigenvalue weighted by atomic mass is 10.2. The number of aromatic nitrogens is 2. The summed E-state index contributed by atoms with van der Waals surface area (Å²) in [5, 5.41) is 7.66. The summed E-state index contributed by atoms with van der Waals surface area (Å²) in [5.41, 5.74) is 1.60. The molecule has 3 rings (SSSR count). The van der Waals surface area contributed by atoms with Crippen LogP contribution in [0.3, 0.4) is 0 Å². The van der Waals surface area contributed by atoms with Crippen molar-refractivity contribution in [3.63, 3.8) is 0 Å². The van der Waals surface area contributed by atoms with Crippen LogP contribution in [0.15, 0.2) is 48.5 Å². The molecule has 2 aromatic carbocycles. The van der Waals surface area contributed by atoms with Gasteiger partial charge in [-0.3, -0.25) is 4.79 Å². The van der Waals surface area contributed by atoms with Crippen molar-refractivity contribution in [3.05, 3.63) is 53.6 Å². The number of anilines is 1. The maximum atomic E-state index is 11.8. The molecule has 0 spiro atoms. The van der Waals surface area contributed by atoms with E-state index in [2.05, 4.69) is 20.6 Å². The third kappa shape index (κ3) is 4.29. The number of fused-ring (bicyclic) bond motifs is 1. The van der Waals surface area contributed by atoms with Crippen molar-refractivity contribution in [1.29, 1.82) is 0 Å². The number of nitrogens with zero attached hydrogens (tertiary/aromatic N) is 2. The van der Waals surface area contributed by atoms with Gasteiger partial charge in [0, 0.05) is 30.0 Å². The van der Waals surface area contributed by atoms with Gasteiger partial charge in [-0.2, -0.15) is 0 Å². The number of amides is 1. The van der Waals surface area contributed by atoms with Crippen LogP contribution in [0.25, 0.3) is 22.3 Å². The maximum absolute atomic E-state index is 11.8. The molecular weight excluding hydrogens is 348 g/mol. The van der Waals surface area contributed by atoms with E-state index < -0.39 is 0 Å². The Morgan fingerprint density at radius 3 is 2.58 bits per heavy atom. The third-order valence-electron chi connectivity index (χ3n) is 3.81. The highest BCUT2D eigenvalue weighted by atomic mass is 35.5. The monoisotopic (exact) mass is 368 g/mol. The number of halogens is 1. The van der Waals surface area contributed by atoms with Crippen molar-refractivity contribution in [2.75, 3.05) is 11.9 Å². The Balaban J connectivity index is 1.89. The van der Waals surface area contributed by atoms with Crippen LogP contribution in [0.4, 0.5) is 5.82 Å². The summed E-state index contributed by atoms with van der Waals surface area (Å²) in [6.07, 6.45) is 0.373. The predicted octanol–water partition coefficient (Wildman–Crippen LogP) is 4.28. The van der Waals surface area contributed by atoms with E-state index in [1.807, 2.05) is 62.4 Å². The molecule has 0 bridgehead atoms. The van der Waals surface area contributed by atoms with E-state index in [1.165, 1.54) is 0 Å². The van der Waals surface area contributed by atoms with Crippen LogP contribution in [-0.2, 0) is 4.79 Å². The number of carbonyl (C=O) groups excluding carboxylic acids is 1. The Morgan fingerprint density at radius 1 is 1.08 bits per heavy atom. The summed E-state index contributed by atoms with van der Waals surface area (Å²) in [6.45, 7) is 4.37. The Labute approximate surface area is 157 Å². The molecular formula is C20H21ClN4O. The first kappa shape index (κ1) is 18.1. The molecule has 0 fully saturated rings. The minimum atomic E-state index is 0.0113. The molecule has 1 heterocycles. The third-order valence-corrected chi connectivity index (χ3v) is 4.14. The Kier molecular flexibility index (Phi) is 5.68. The summed E-state index contributed by atoms with van der Waals surface area (Å²) in [6, 6.07) is 15.4. The zero-order valence-corrected chi connectivity index (χ0v) is 15.5. The fourth-order valence-corrected chi connectivity index (χ4v) is 2.88. The lowest BCUT2D eigenvalue weighted by molar-refractivity contribution is -0.121. The number of para-hydroxylation sites is 1. The first-order chi connectivity index (χ1) is 12.5. The molecule has 0 radical (unpaired) electrons. The van der Waals surface area contributed by atoms with Crippen molar-refractivity contribution in [1.82, 2.24) is 15.3 Å². The van der Waals surface area contributed by atoms with E-state index in [0.717, 1.165) is 16.5 Å². The fourth-order valence-electron chi connectivity index (χ4n) is 2.66. The molecule has 5 nitrogen and oxygen atoms in total. The van der Waals surface area contributed by atoms with Crippen LogP contribution in [0.1, 0.15) is 20.3 Å². The molecule has 2 N–H and O–H groups in total. The SMILES string of the molecule is CC(C)NC(=O)CCNc1nc(-c2ccccc2Cl)nc2ccccc12. The van der Waals surface area contributed by atoms with Gasteiger partial charge >= 0.3 is 0 Å². The molecule has 6 heteroatoms. The van der Waals surface area contributed by atoms with Gasteiger partial charge in [0.15, 0.2) is 5.82 Å². The molecule has 134 valence electrons. The molecule has 3 aromatic rings. The second-order valence-electron chi connectivity index (χ2n) is 6.29. The molecule has 1 amide bonds. The van der Waals surface area contributed by atoms with Gasteiger partial charge < -0.3 is 10.6 Å². The second kappa shape index (κ2) is 8.15. The Hall–Kier alpha value is -2.66. The van der Waals surface area contributed by atoms with E-state index in [4.69, 9.17) is 11.6 Å². The van der Waals surface area contributed by atoms with Gasteiger partial charge in [0.25, 0.3) is 0 Å². The van der Waals surface area contributed by atoms with E-state index in [1.54, 1.807) is 0 Å². The van der Waals surface area contributed by atoms with Gasteiger partial charge in [0.1, 0.15) is 5.82 Å². The first-order valence-electron chi connectivity index (χ1n) is 8.59. The summed E-state index contributed by atoms with van der Waals surface area (Å²) >= 11 is 6.30. The number of hydrogen-bond donors (Lipinski definition) is 2. The highest BCUT2D eigenvalue weighted by molar-refractivity contribution is 6.33. The molecule has 0 saturated heterocycles. The summed E-state index contributed by atoms with van der Waals surface area (Å²) in [7, 11) is 0. The molecule has 0 aliphatic rings. The van der Waals surface area contributed by atoms with Gasteiger partial charge in [-0.25, -0.2) is 9.97 Å². The summed E-state index contributed by atoms with van der Waals surface area (Å²) < 4.78 is 0. The van der Waals surface area contributed by atoms with Crippen LogP contribution in [0.5, 0.6) is 0 Å². The van der Waals surface area contributed by atoms with Gasteiger partial charge in [-0.1, -0.05) is 35.9 Å². The molecule has 0 aliphatic heterocycles. The first-order valence-corrected chi connectivity index (χ1v) is 8.97. The minimum absolute atomic E-state index is 0.0113. The molecule has 0 saturated carbocycles. The average Bonchev–Trinajstić information content (AvgIpc) is 2.61.